The molecular formula is C8H8F3N3O. The Kier molecular flexibility index (Phi) is 3.03. The number of benzene rings is 1. The molecule has 0 aliphatic carbocycles. The Morgan fingerprint density at radius 1 is 1.20 bits per heavy atom. The van der Waals surface area contributed by atoms with Gasteiger partial charge in [-0.05, 0) is 24.3 Å². The Hall–Kier alpha value is -1.92. The van der Waals surface area contributed by atoms with Gasteiger partial charge in [0.1, 0.15) is 0 Å². The molecule has 0 saturated carbocycles. The van der Waals surface area contributed by atoms with Crippen molar-refractivity contribution in [2.75, 3.05) is 11.1 Å². The van der Waals surface area contributed by atoms with Crippen LogP contribution in [0.15, 0.2) is 24.3 Å². The van der Waals surface area contributed by atoms with Crippen LogP contribution in [-0.2, 0) is 0 Å². The number of nitrogens with one attached hydrogen (secondary N) is 2. The van der Waals surface area contributed by atoms with E-state index < -0.39 is 12.3 Å². The zero-order valence-electron chi connectivity index (χ0n) is 7.43. The van der Waals surface area contributed by atoms with Crippen LogP contribution in [0.2, 0.25) is 0 Å². The first-order valence-electron chi connectivity index (χ1n) is 3.88. The topological polar surface area (TPSA) is 67.1 Å². The van der Waals surface area contributed by atoms with Gasteiger partial charge < -0.3 is 11.1 Å². The van der Waals surface area contributed by atoms with Crippen LogP contribution in [0.5, 0.6) is 0 Å². The zero-order valence-corrected chi connectivity index (χ0v) is 7.43. The summed E-state index contributed by atoms with van der Waals surface area (Å²) in [4.78, 5) is 10.7. The van der Waals surface area contributed by atoms with Gasteiger partial charge in [-0.15, -0.1) is 0 Å². The van der Waals surface area contributed by atoms with Gasteiger partial charge in [-0.3, -0.25) is 0 Å². The maximum absolute atomic E-state index is 11.7. The first-order valence-corrected chi connectivity index (χ1v) is 3.88. The second-order valence-corrected chi connectivity index (χ2v) is 2.70. The van der Waals surface area contributed by atoms with Crippen molar-refractivity contribution in [2.24, 2.45) is 0 Å². The Bertz CT molecular complexity index is 347. The highest BCUT2D eigenvalue weighted by atomic mass is 19.4. The van der Waals surface area contributed by atoms with Gasteiger partial charge >= 0.3 is 12.3 Å². The number of hydrogen-bond acceptors (Lipinski definition) is 2. The summed E-state index contributed by atoms with van der Waals surface area (Å²) in [6.45, 7) is 0. The van der Waals surface area contributed by atoms with Crippen LogP contribution >= 0.6 is 0 Å². The predicted octanol–water partition coefficient (Wildman–Crippen LogP) is 1.91. The maximum atomic E-state index is 11.7. The summed E-state index contributed by atoms with van der Waals surface area (Å²) in [5.74, 6) is 0. The number of carbonyl (C=O) groups excluding carboxylic acids is 1. The van der Waals surface area contributed by atoms with Crippen molar-refractivity contribution in [3.8, 4) is 0 Å². The summed E-state index contributed by atoms with van der Waals surface area (Å²) in [5.41, 5.74) is 6.03. The zero-order chi connectivity index (χ0) is 11.5. The van der Waals surface area contributed by atoms with Crippen LogP contribution in [0.3, 0.4) is 0 Å². The van der Waals surface area contributed by atoms with Crippen molar-refractivity contribution in [2.45, 2.75) is 6.30 Å². The van der Waals surface area contributed by atoms with Crippen molar-refractivity contribution in [3.63, 3.8) is 0 Å². The molecule has 1 aromatic rings. The fraction of sp³-hybridized carbons (Fsp3) is 0.125. The van der Waals surface area contributed by atoms with Crippen LogP contribution in [0.4, 0.5) is 29.3 Å². The number of halogens is 3. The van der Waals surface area contributed by atoms with Gasteiger partial charge in [0.25, 0.3) is 0 Å². The Morgan fingerprint density at radius 3 is 2.20 bits per heavy atom. The average Bonchev–Trinajstić information content (AvgIpc) is 2.05. The molecule has 0 spiro atoms. The Labute approximate surface area is 83.3 Å². The highest BCUT2D eigenvalue weighted by Gasteiger charge is 2.29. The molecule has 0 heterocycles. The molecule has 0 radical (unpaired) electrons. The van der Waals surface area contributed by atoms with Gasteiger partial charge in [-0.2, -0.15) is 13.2 Å². The first kappa shape index (κ1) is 11.2. The lowest BCUT2D eigenvalue weighted by Crippen LogP contribution is -2.40. The molecule has 1 aromatic carbocycles. The van der Waals surface area contributed by atoms with Crippen molar-refractivity contribution in [1.82, 2.24) is 5.32 Å². The van der Waals surface area contributed by atoms with E-state index >= 15 is 0 Å². The Morgan fingerprint density at radius 2 is 1.73 bits per heavy atom. The van der Waals surface area contributed by atoms with E-state index in [-0.39, 0.29) is 5.69 Å². The fourth-order valence-electron chi connectivity index (χ4n) is 0.858. The van der Waals surface area contributed by atoms with Crippen LogP contribution in [-0.4, -0.2) is 12.3 Å². The Balaban J connectivity index is 2.55. The molecule has 7 heteroatoms. The van der Waals surface area contributed by atoms with Crippen LogP contribution in [0.1, 0.15) is 0 Å². The van der Waals surface area contributed by atoms with E-state index in [1.54, 1.807) is 0 Å². The molecule has 4 nitrogen and oxygen atoms in total. The second-order valence-electron chi connectivity index (χ2n) is 2.70. The van der Waals surface area contributed by atoms with E-state index in [4.69, 9.17) is 5.73 Å². The van der Waals surface area contributed by atoms with E-state index in [1.165, 1.54) is 24.3 Å². The molecule has 82 valence electrons. The first-order chi connectivity index (χ1) is 6.87. The van der Waals surface area contributed by atoms with Gasteiger partial charge in [0, 0.05) is 11.4 Å². The van der Waals surface area contributed by atoms with Crippen molar-refractivity contribution >= 4 is 17.4 Å². The van der Waals surface area contributed by atoms with Crippen LogP contribution < -0.4 is 16.4 Å². The highest BCUT2D eigenvalue weighted by molar-refractivity contribution is 5.89. The summed E-state index contributed by atoms with van der Waals surface area (Å²) in [7, 11) is 0. The fourth-order valence-corrected chi connectivity index (χ4v) is 0.858. The normalized spacial score (nSPS) is 10.9. The van der Waals surface area contributed by atoms with E-state index in [2.05, 4.69) is 0 Å². The predicted molar refractivity (Wildman–Crippen MR) is 49.1 cm³/mol. The lowest BCUT2D eigenvalue weighted by Gasteiger charge is -2.09. The number of alkyl halides is 3. The van der Waals surface area contributed by atoms with Gasteiger partial charge in [0.05, 0.1) is 0 Å². The second kappa shape index (κ2) is 4.07. The summed E-state index contributed by atoms with van der Waals surface area (Å²) in [6, 6.07) is 4.37. The number of nitrogens with two attached hydrogens (primary N) is 1. The number of anilines is 2. The largest absolute Gasteiger partial charge is 0.485 e. The minimum atomic E-state index is -4.74. The van der Waals surface area contributed by atoms with E-state index in [9.17, 15) is 18.0 Å². The lowest BCUT2D eigenvalue weighted by atomic mass is 10.3. The molecule has 0 saturated heterocycles. The molecule has 0 fully saturated rings. The molecule has 0 aromatic heterocycles. The third kappa shape index (κ3) is 4.21. The molecule has 15 heavy (non-hydrogen) atoms. The monoisotopic (exact) mass is 219 g/mol. The third-order valence-electron chi connectivity index (χ3n) is 1.42. The van der Waals surface area contributed by atoms with Crippen molar-refractivity contribution in [3.05, 3.63) is 24.3 Å². The van der Waals surface area contributed by atoms with Crippen LogP contribution in [0.25, 0.3) is 0 Å². The summed E-state index contributed by atoms with van der Waals surface area (Å²) < 4.78 is 35.0. The van der Waals surface area contributed by atoms with E-state index in [0.717, 1.165) is 5.32 Å². The molecule has 2 amide bonds. The summed E-state index contributed by atoms with van der Waals surface area (Å²) in [5, 5.41) is 2.80. The van der Waals surface area contributed by atoms with Gasteiger partial charge in [0.2, 0.25) is 0 Å². The van der Waals surface area contributed by atoms with Gasteiger partial charge in [0.15, 0.2) is 0 Å². The summed E-state index contributed by atoms with van der Waals surface area (Å²) >= 11 is 0. The number of rotatable bonds is 1. The summed E-state index contributed by atoms with van der Waals surface area (Å²) in [6.07, 6.45) is -4.74. The van der Waals surface area contributed by atoms with E-state index in [0.29, 0.717) is 5.69 Å². The van der Waals surface area contributed by atoms with Gasteiger partial charge in [-0.25, -0.2) is 10.1 Å². The van der Waals surface area contributed by atoms with Crippen molar-refractivity contribution in [1.29, 1.82) is 0 Å². The van der Waals surface area contributed by atoms with Crippen LogP contribution in [0, 0.1) is 0 Å². The quantitative estimate of drug-likeness (QED) is 0.499. The number of urea groups is 1. The molecule has 4 N–H and O–H groups in total. The van der Waals surface area contributed by atoms with Gasteiger partial charge in [-0.1, -0.05) is 0 Å². The molecule has 1 rings (SSSR count). The maximum Gasteiger partial charge on any atom is 0.485 e. The minimum Gasteiger partial charge on any atom is -0.399 e. The minimum absolute atomic E-state index is 0.228. The molecule has 0 bridgehead atoms. The molecule has 0 unspecified atom stereocenters. The molecule has 0 aliphatic heterocycles. The highest BCUT2D eigenvalue weighted by Crippen LogP contribution is 2.12. The average molecular weight is 219 g/mol. The lowest BCUT2D eigenvalue weighted by molar-refractivity contribution is -0.144. The smallest absolute Gasteiger partial charge is 0.399 e. The number of hydrogen-bond donors (Lipinski definition) is 3. The molecule has 0 atom stereocenters. The third-order valence-corrected chi connectivity index (χ3v) is 1.42. The number of nitrogen functional groups attached to an aromatic ring is 1. The SMILES string of the molecule is Nc1ccc(NC(=O)NC(F)(F)F)cc1. The number of carbonyl (C=O) groups is 1. The van der Waals surface area contributed by atoms with Crippen molar-refractivity contribution < 1.29 is 18.0 Å². The molecular weight excluding hydrogens is 211 g/mol. The van der Waals surface area contributed by atoms with E-state index in [1.807, 2.05) is 5.32 Å². The standard InChI is InChI=1S/C8H8F3N3O/c9-8(10,11)14-7(15)13-6-3-1-5(12)2-4-6/h1-4H,12H2,(H2,13,14,15). The number of amides is 2. The molecule has 0 aliphatic rings.